The number of ether oxygens (including phenoxy) is 1. The van der Waals surface area contributed by atoms with Gasteiger partial charge in [0.05, 0.1) is 11.9 Å². The Labute approximate surface area is 222 Å². The average Bonchev–Trinajstić information content (AvgIpc) is 3.31. The smallest absolute Gasteiger partial charge is 0.260 e. The van der Waals surface area contributed by atoms with E-state index >= 15 is 0 Å². The van der Waals surface area contributed by atoms with Gasteiger partial charge in [-0.15, -0.1) is 0 Å². The zero-order valence-electron chi connectivity index (χ0n) is 19.0. The summed E-state index contributed by atoms with van der Waals surface area (Å²) in [7, 11) is -2.43. The van der Waals surface area contributed by atoms with Gasteiger partial charge in [0.15, 0.2) is 5.03 Å². The molecule has 0 bridgehead atoms. The molecule has 2 aromatic carbocycles. The summed E-state index contributed by atoms with van der Waals surface area (Å²) in [5.41, 5.74) is -0.0348. The van der Waals surface area contributed by atoms with Crippen molar-refractivity contribution in [1.29, 1.82) is 0 Å². The van der Waals surface area contributed by atoms with Crippen molar-refractivity contribution in [3.8, 4) is 0 Å². The number of amides is 1. The topological polar surface area (TPSA) is 93.5 Å². The number of hydrogen-bond acceptors (Lipinski definition) is 5. The van der Waals surface area contributed by atoms with Crippen LogP contribution in [0.4, 0.5) is 11.6 Å². The maximum Gasteiger partial charge on any atom is 0.260 e. The Hall–Kier alpha value is -1.95. The van der Waals surface area contributed by atoms with E-state index in [1.54, 1.807) is 32.2 Å². The van der Waals surface area contributed by atoms with E-state index < -0.39 is 15.6 Å². The fraction of sp³-hybridized carbons (Fsp3) is 0.304. The number of halogens is 3. The molecule has 1 aromatic heterocycles. The van der Waals surface area contributed by atoms with E-state index in [0.717, 1.165) is 10.0 Å². The highest BCUT2D eigenvalue weighted by Crippen LogP contribution is 2.44. The molecule has 0 saturated heterocycles. The van der Waals surface area contributed by atoms with Gasteiger partial charge in [0.1, 0.15) is 5.54 Å². The first kappa shape index (κ1) is 26.1. The van der Waals surface area contributed by atoms with Gasteiger partial charge in [0, 0.05) is 41.2 Å². The van der Waals surface area contributed by atoms with Gasteiger partial charge in [0.25, 0.3) is 15.9 Å². The molecule has 2 heterocycles. The van der Waals surface area contributed by atoms with Crippen molar-refractivity contribution in [3.05, 3.63) is 68.7 Å². The van der Waals surface area contributed by atoms with E-state index in [1.165, 1.54) is 15.7 Å². The molecule has 35 heavy (non-hydrogen) atoms. The lowest BCUT2D eigenvalue weighted by molar-refractivity contribution is -0.124. The highest BCUT2D eigenvalue weighted by Gasteiger charge is 2.51. The number of benzene rings is 2. The summed E-state index contributed by atoms with van der Waals surface area (Å²) >= 11 is 15.8. The molecule has 0 fully saturated rings. The molecule has 12 heteroatoms. The molecular formula is C23H23BrCl2N4O4S. The second-order valence-electron chi connectivity index (χ2n) is 8.32. The lowest BCUT2D eigenvalue weighted by Gasteiger charge is -2.26. The third-order valence-electron chi connectivity index (χ3n) is 5.73. The van der Waals surface area contributed by atoms with Crippen LogP contribution >= 0.6 is 39.1 Å². The van der Waals surface area contributed by atoms with Crippen LogP contribution in [-0.2, 0) is 31.5 Å². The lowest BCUT2D eigenvalue weighted by atomic mass is 9.92. The monoisotopic (exact) mass is 600 g/mol. The van der Waals surface area contributed by atoms with Gasteiger partial charge in [-0.2, -0.15) is 0 Å². The first-order chi connectivity index (χ1) is 16.6. The SMILES string of the molecule is COCCCNS(=O)(=O)c1cnc2n1C(C)(Cc1ccc(Br)cc1)C(=O)N2c1cc(Cl)cc(Cl)c1. The highest BCUT2D eigenvalue weighted by atomic mass is 79.9. The van der Waals surface area contributed by atoms with Gasteiger partial charge in [-0.05, 0) is 49.2 Å². The molecule has 186 valence electrons. The number of carbonyl (C=O) groups excluding carboxylic acids is 1. The van der Waals surface area contributed by atoms with E-state index in [2.05, 4.69) is 25.6 Å². The molecular weight excluding hydrogens is 579 g/mol. The van der Waals surface area contributed by atoms with E-state index in [1.807, 2.05) is 24.3 Å². The molecule has 0 saturated carbocycles. The molecule has 8 nitrogen and oxygen atoms in total. The fourth-order valence-electron chi connectivity index (χ4n) is 4.12. The molecule has 1 N–H and O–H groups in total. The Bertz CT molecular complexity index is 1340. The third-order valence-corrected chi connectivity index (χ3v) is 8.12. The minimum Gasteiger partial charge on any atom is -0.385 e. The summed E-state index contributed by atoms with van der Waals surface area (Å²) in [4.78, 5) is 19.7. The summed E-state index contributed by atoms with van der Waals surface area (Å²) in [6, 6.07) is 12.2. The number of imidazole rings is 1. The van der Waals surface area contributed by atoms with Gasteiger partial charge in [-0.1, -0.05) is 51.3 Å². The lowest BCUT2D eigenvalue weighted by Crippen LogP contribution is -2.42. The number of nitrogens with one attached hydrogen (secondary N) is 1. The van der Waals surface area contributed by atoms with Crippen LogP contribution in [0.15, 0.2) is 58.2 Å². The van der Waals surface area contributed by atoms with Crippen molar-refractivity contribution in [2.45, 2.75) is 30.3 Å². The Morgan fingerprint density at radius 1 is 1.14 bits per heavy atom. The number of nitrogens with zero attached hydrogens (tertiary/aromatic N) is 3. The number of sulfonamides is 1. The minimum absolute atomic E-state index is 0.103. The van der Waals surface area contributed by atoms with Crippen molar-refractivity contribution in [2.75, 3.05) is 25.2 Å². The van der Waals surface area contributed by atoms with Crippen LogP contribution in [0, 0.1) is 0 Å². The van der Waals surface area contributed by atoms with E-state index in [0.29, 0.717) is 28.8 Å². The first-order valence-corrected chi connectivity index (χ1v) is 13.7. The second kappa shape index (κ2) is 10.2. The molecule has 1 atom stereocenters. The number of hydrogen-bond donors (Lipinski definition) is 1. The maximum atomic E-state index is 14.0. The first-order valence-electron chi connectivity index (χ1n) is 10.7. The van der Waals surface area contributed by atoms with Crippen LogP contribution < -0.4 is 9.62 Å². The number of fused-ring (bicyclic) bond motifs is 1. The van der Waals surface area contributed by atoms with Crippen LogP contribution in [-0.4, -0.2) is 44.1 Å². The van der Waals surface area contributed by atoms with Gasteiger partial charge in [-0.3, -0.25) is 9.36 Å². The molecule has 4 rings (SSSR count). The second-order valence-corrected chi connectivity index (χ2v) is 11.8. The number of anilines is 2. The number of methoxy groups -OCH3 is 1. The van der Waals surface area contributed by atoms with Gasteiger partial charge in [-0.25, -0.2) is 23.0 Å². The molecule has 0 aliphatic carbocycles. The zero-order chi connectivity index (χ0) is 25.4. The minimum atomic E-state index is -3.98. The fourth-order valence-corrected chi connectivity index (χ4v) is 6.17. The quantitative estimate of drug-likeness (QED) is 0.352. The predicted molar refractivity (Wildman–Crippen MR) is 139 cm³/mol. The van der Waals surface area contributed by atoms with Crippen LogP contribution in [0.25, 0.3) is 0 Å². The standard InChI is InChI=1S/C23H23BrCl2N4O4S/c1-23(13-15-4-6-16(24)7-5-15)21(31)29(19-11-17(25)10-18(26)12-19)22-27-14-20(30(22)23)35(32,33)28-8-3-9-34-2/h4-7,10-12,14,28H,3,8-9,13H2,1-2H3. The van der Waals surface area contributed by atoms with Gasteiger partial charge in [0.2, 0.25) is 5.95 Å². The van der Waals surface area contributed by atoms with Crippen LogP contribution in [0.5, 0.6) is 0 Å². The van der Waals surface area contributed by atoms with Crippen LogP contribution in [0.1, 0.15) is 18.9 Å². The van der Waals surface area contributed by atoms with Gasteiger partial charge >= 0.3 is 0 Å². The largest absolute Gasteiger partial charge is 0.385 e. The van der Waals surface area contributed by atoms with Gasteiger partial charge < -0.3 is 4.74 Å². The average molecular weight is 602 g/mol. The summed E-state index contributed by atoms with van der Waals surface area (Å²) in [6.07, 6.45) is 2.00. The summed E-state index contributed by atoms with van der Waals surface area (Å²) < 4.78 is 36.5. The molecule has 3 aromatic rings. The number of carbonyl (C=O) groups is 1. The Morgan fingerprint density at radius 2 is 1.80 bits per heavy atom. The number of aromatic nitrogens is 2. The highest BCUT2D eigenvalue weighted by molar-refractivity contribution is 9.10. The normalized spacial score (nSPS) is 17.7. The Balaban J connectivity index is 1.83. The maximum absolute atomic E-state index is 14.0. The van der Waals surface area contributed by atoms with E-state index in [9.17, 15) is 13.2 Å². The van der Waals surface area contributed by atoms with Crippen molar-refractivity contribution in [1.82, 2.24) is 14.3 Å². The van der Waals surface area contributed by atoms with Crippen LogP contribution in [0.2, 0.25) is 10.0 Å². The van der Waals surface area contributed by atoms with Crippen molar-refractivity contribution >= 4 is 66.7 Å². The summed E-state index contributed by atoms with van der Waals surface area (Å²) in [5, 5.41) is 0.577. The molecule has 0 radical (unpaired) electrons. The zero-order valence-corrected chi connectivity index (χ0v) is 22.9. The van der Waals surface area contributed by atoms with Crippen molar-refractivity contribution < 1.29 is 17.9 Å². The van der Waals surface area contributed by atoms with Crippen molar-refractivity contribution in [2.24, 2.45) is 0 Å². The molecule has 1 aliphatic rings. The Morgan fingerprint density at radius 3 is 2.43 bits per heavy atom. The predicted octanol–water partition coefficient (Wildman–Crippen LogP) is 4.90. The number of rotatable bonds is 9. The third kappa shape index (κ3) is 5.14. The van der Waals surface area contributed by atoms with E-state index in [-0.39, 0.29) is 29.8 Å². The summed E-state index contributed by atoms with van der Waals surface area (Å²) in [6.45, 7) is 2.30. The van der Waals surface area contributed by atoms with E-state index in [4.69, 9.17) is 27.9 Å². The molecule has 1 amide bonds. The van der Waals surface area contributed by atoms with Crippen molar-refractivity contribution in [3.63, 3.8) is 0 Å². The Kier molecular flexibility index (Phi) is 7.61. The molecule has 1 aliphatic heterocycles. The van der Waals surface area contributed by atoms with Crippen LogP contribution in [0.3, 0.4) is 0 Å². The molecule has 0 spiro atoms. The summed E-state index contributed by atoms with van der Waals surface area (Å²) in [5.74, 6) is -0.178. The molecule has 1 unspecified atom stereocenters.